The number of ether oxygens (including phenoxy) is 1. The van der Waals surface area contributed by atoms with Gasteiger partial charge in [-0.25, -0.2) is 0 Å². The maximum Gasteiger partial charge on any atom is 0.0469 e. The highest BCUT2D eigenvalue weighted by atomic mass is 16.5. The van der Waals surface area contributed by atoms with Gasteiger partial charge in [-0.05, 0) is 46.0 Å². The Morgan fingerprint density at radius 2 is 2.06 bits per heavy atom. The van der Waals surface area contributed by atoms with Gasteiger partial charge in [-0.3, -0.25) is 4.90 Å². The van der Waals surface area contributed by atoms with E-state index in [4.69, 9.17) is 4.74 Å². The summed E-state index contributed by atoms with van der Waals surface area (Å²) < 4.78 is 5.50. The van der Waals surface area contributed by atoms with Gasteiger partial charge in [0.1, 0.15) is 0 Å². The van der Waals surface area contributed by atoms with Crippen LogP contribution in [-0.2, 0) is 4.74 Å². The van der Waals surface area contributed by atoms with Crippen LogP contribution in [0.25, 0.3) is 0 Å². The van der Waals surface area contributed by atoms with E-state index in [0.29, 0.717) is 17.6 Å². The Morgan fingerprint density at radius 1 is 1.39 bits per heavy atom. The Balaban J connectivity index is 2.00. The molecule has 2 aliphatic rings. The van der Waals surface area contributed by atoms with E-state index < -0.39 is 0 Å². The van der Waals surface area contributed by atoms with Gasteiger partial charge >= 0.3 is 0 Å². The summed E-state index contributed by atoms with van der Waals surface area (Å²) in [6, 6.07) is 1.35. The summed E-state index contributed by atoms with van der Waals surface area (Å²) in [7, 11) is 0. The van der Waals surface area contributed by atoms with E-state index in [1.54, 1.807) is 0 Å². The van der Waals surface area contributed by atoms with Gasteiger partial charge in [0.05, 0.1) is 0 Å². The van der Waals surface area contributed by atoms with Crippen molar-refractivity contribution in [2.45, 2.75) is 64.6 Å². The van der Waals surface area contributed by atoms with E-state index in [0.717, 1.165) is 25.7 Å². The molecule has 2 saturated heterocycles. The molecule has 0 radical (unpaired) electrons. The monoisotopic (exact) mass is 254 g/mol. The first kappa shape index (κ1) is 14.3. The second kappa shape index (κ2) is 5.89. The number of hydrogen-bond acceptors (Lipinski definition) is 3. The summed E-state index contributed by atoms with van der Waals surface area (Å²) >= 11 is 0. The van der Waals surface area contributed by atoms with Crippen LogP contribution in [0.15, 0.2) is 0 Å². The zero-order chi connectivity index (χ0) is 13.2. The lowest BCUT2D eigenvalue weighted by atomic mass is 9.87. The van der Waals surface area contributed by atoms with Crippen LogP contribution in [0, 0.1) is 5.92 Å². The lowest BCUT2D eigenvalue weighted by molar-refractivity contribution is -0.00549. The first-order valence-corrected chi connectivity index (χ1v) is 7.64. The molecule has 0 saturated carbocycles. The minimum absolute atomic E-state index is 0.298. The Bertz CT molecular complexity index is 265. The molecule has 3 unspecified atom stereocenters. The van der Waals surface area contributed by atoms with Gasteiger partial charge < -0.3 is 10.1 Å². The smallest absolute Gasteiger partial charge is 0.0469 e. The van der Waals surface area contributed by atoms with Crippen LogP contribution in [0.3, 0.4) is 0 Å². The molecule has 0 aromatic heterocycles. The quantitative estimate of drug-likeness (QED) is 0.836. The second-order valence-electron chi connectivity index (χ2n) is 6.51. The average molecular weight is 254 g/mol. The van der Waals surface area contributed by atoms with E-state index in [2.05, 4.69) is 37.9 Å². The van der Waals surface area contributed by atoms with Gasteiger partial charge in [-0.15, -0.1) is 0 Å². The second-order valence-corrected chi connectivity index (χ2v) is 6.51. The predicted octanol–water partition coefficient (Wildman–Crippen LogP) is 2.26. The molecule has 0 aromatic carbocycles. The molecule has 0 spiro atoms. The fourth-order valence-electron chi connectivity index (χ4n) is 3.38. The Kier molecular flexibility index (Phi) is 4.68. The standard InChI is InChI=1S/C15H30N2O/c1-5-15(4)11-17(12(2)10-16-15)13(3)14-6-8-18-9-7-14/h12-14,16H,5-11H2,1-4H3. The topological polar surface area (TPSA) is 24.5 Å². The lowest BCUT2D eigenvalue weighted by Crippen LogP contribution is -2.64. The average Bonchev–Trinajstić information content (AvgIpc) is 2.42. The summed E-state index contributed by atoms with van der Waals surface area (Å²) in [5, 5.41) is 3.72. The van der Waals surface area contributed by atoms with Gasteiger partial charge in [0, 0.05) is 43.9 Å². The fraction of sp³-hybridized carbons (Fsp3) is 1.00. The molecule has 2 heterocycles. The molecule has 0 aliphatic carbocycles. The van der Waals surface area contributed by atoms with Crippen molar-refractivity contribution in [3.05, 3.63) is 0 Å². The van der Waals surface area contributed by atoms with E-state index in [-0.39, 0.29) is 0 Å². The molecule has 2 fully saturated rings. The van der Waals surface area contributed by atoms with E-state index >= 15 is 0 Å². The summed E-state index contributed by atoms with van der Waals surface area (Å²) in [5.74, 6) is 0.820. The minimum Gasteiger partial charge on any atom is -0.381 e. The van der Waals surface area contributed by atoms with Crippen molar-refractivity contribution in [2.75, 3.05) is 26.3 Å². The summed E-state index contributed by atoms with van der Waals surface area (Å²) in [6.45, 7) is 13.7. The van der Waals surface area contributed by atoms with Crippen molar-refractivity contribution >= 4 is 0 Å². The van der Waals surface area contributed by atoms with E-state index in [1.807, 2.05) is 0 Å². The molecular weight excluding hydrogens is 224 g/mol. The molecule has 3 heteroatoms. The maximum atomic E-state index is 5.50. The van der Waals surface area contributed by atoms with Crippen LogP contribution >= 0.6 is 0 Å². The van der Waals surface area contributed by atoms with Gasteiger partial charge in [0.15, 0.2) is 0 Å². The van der Waals surface area contributed by atoms with Gasteiger partial charge in [0.25, 0.3) is 0 Å². The van der Waals surface area contributed by atoms with E-state index in [1.165, 1.54) is 25.8 Å². The SMILES string of the molecule is CCC1(C)CN(C(C)C2CCOCC2)C(C)CN1. The molecule has 3 atom stereocenters. The van der Waals surface area contributed by atoms with Crippen LogP contribution in [-0.4, -0.2) is 48.8 Å². The third-order valence-corrected chi connectivity index (χ3v) is 5.17. The van der Waals surface area contributed by atoms with Crippen LogP contribution in [0.1, 0.15) is 47.0 Å². The molecule has 0 bridgehead atoms. The molecule has 3 nitrogen and oxygen atoms in total. The van der Waals surface area contributed by atoms with Crippen LogP contribution < -0.4 is 5.32 Å². The molecule has 18 heavy (non-hydrogen) atoms. The highest BCUT2D eigenvalue weighted by Gasteiger charge is 2.37. The third kappa shape index (κ3) is 3.06. The summed E-state index contributed by atoms with van der Waals surface area (Å²) in [5.41, 5.74) is 0.298. The Labute approximate surface area is 112 Å². The number of piperazine rings is 1. The zero-order valence-electron chi connectivity index (χ0n) is 12.5. The van der Waals surface area contributed by atoms with E-state index in [9.17, 15) is 0 Å². The highest BCUT2D eigenvalue weighted by molar-refractivity contribution is 4.96. The Hall–Kier alpha value is -0.120. The molecule has 1 N–H and O–H groups in total. The third-order valence-electron chi connectivity index (χ3n) is 5.17. The van der Waals surface area contributed by atoms with Crippen molar-refractivity contribution in [1.82, 2.24) is 10.2 Å². The normalized spacial score (nSPS) is 37.7. The van der Waals surface area contributed by atoms with Gasteiger partial charge in [-0.1, -0.05) is 6.92 Å². The Morgan fingerprint density at radius 3 is 2.67 bits per heavy atom. The first-order valence-electron chi connectivity index (χ1n) is 7.64. The molecular formula is C15H30N2O. The van der Waals surface area contributed by atoms with Crippen molar-refractivity contribution in [1.29, 1.82) is 0 Å². The van der Waals surface area contributed by atoms with Gasteiger partial charge in [-0.2, -0.15) is 0 Å². The number of nitrogens with one attached hydrogen (secondary N) is 1. The largest absolute Gasteiger partial charge is 0.381 e. The molecule has 2 rings (SSSR count). The minimum atomic E-state index is 0.298. The molecule has 106 valence electrons. The first-order chi connectivity index (χ1) is 8.56. The number of nitrogens with zero attached hydrogens (tertiary/aromatic N) is 1. The molecule has 2 aliphatic heterocycles. The lowest BCUT2D eigenvalue weighted by Gasteiger charge is -2.49. The predicted molar refractivity (Wildman–Crippen MR) is 75.9 cm³/mol. The number of hydrogen-bond donors (Lipinski definition) is 1. The molecule has 0 amide bonds. The van der Waals surface area contributed by atoms with Crippen molar-refractivity contribution < 1.29 is 4.74 Å². The number of rotatable bonds is 3. The fourth-order valence-corrected chi connectivity index (χ4v) is 3.38. The zero-order valence-corrected chi connectivity index (χ0v) is 12.5. The summed E-state index contributed by atoms with van der Waals surface area (Å²) in [4.78, 5) is 2.73. The van der Waals surface area contributed by atoms with Gasteiger partial charge in [0.2, 0.25) is 0 Å². The van der Waals surface area contributed by atoms with Crippen molar-refractivity contribution in [2.24, 2.45) is 5.92 Å². The van der Waals surface area contributed by atoms with Crippen LogP contribution in [0.2, 0.25) is 0 Å². The maximum absolute atomic E-state index is 5.50. The van der Waals surface area contributed by atoms with Crippen molar-refractivity contribution in [3.8, 4) is 0 Å². The van der Waals surface area contributed by atoms with Crippen molar-refractivity contribution in [3.63, 3.8) is 0 Å². The molecule has 0 aromatic rings. The summed E-state index contributed by atoms with van der Waals surface area (Å²) in [6.07, 6.45) is 3.68. The van der Waals surface area contributed by atoms with Crippen LogP contribution in [0.5, 0.6) is 0 Å². The van der Waals surface area contributed by atoms with Crippen LogP contribution in [0.4, 0.5) is 0 Å². The highest BCUT2D eigenvalue weighted by Crippen LogP contribution is 2.28.